The second-order valence-electron chi connectivity index (χ2n) is 21.9. The van der Waals surface area contributed by atoms with E-state index < -0.39 is 0 Å². The predicted octanol–water partition coefficient (Wildman–Crippen LogP) is 19.2. The Balaban J connectivity index is 1.13. The van der Waals surface area contributed by atoms with Crippen molar-refractivity contribution in [1.29, 1.82) is 5.26 Å². The molecular formula is C72H62N4. The third-order valence-corrected chi connectivity index (χ3v) is 16.1. The summed E-state index contributed by atoms with van der Waals surface area (Å²) in [6, 6.07) is 57.1. The Morgan fingerprint density at radius 2 is 0.632 bits per heavy atom. The number of aromatic nitrogens is 3. The highest BCUT2D eigenvalue weighted by Gasteiger charge is 2.24. The van der Waals surface area contributed by atoms with E-state index in [1.165, 1.54) is 122 Å². The summed E-state index contributed by atoms with van der Waals surface area (Å²) in [4.78, 5) is 4.90. The monoisotopic (exact) mass is 982 g/mol. The van der Waals surface area contributed by atoms with Gasteiger partial charge < -0.3 is 9.13 Å². The second-order valence-corrected chi connectivity index (χ2v) is 21.9. The first-order valence-electron chi connectivity index (χ1n) is 26.6. The molecule has 0 radical (unpaired) electrons. The van der Waals surface area contributed by atoms with Crippen molar-refractivity contribution in [2.45, 2.75) is 83.1 Å². The lowest BCUT2D eigenvalue weighted by Gasteiger charge is -2.19. The van der Waals surface area contributed by atoms with E-state index in [-0.39, 0.29) is 0 Å². The van der Waals surface area contributed by atoms with Gasteiger partial charge >= 0.3 is 0 Å². The summed E-state index contributed by atoms with van der Waals surface area (Å²) >= 11 is 0. The number of pyridine rings is 1. The van der Waals surface area contributed by atoms with Crippen LogP contribution in [0.4, 0.5) is 0 Å². The Bertz CT molecular complexity index is 4160. The summed E-state index contributed by atoms with van der Waals surface area (Å²) < 4.78 is 4.81. The second kappa shape index (κ2) is 18.3. The van der Waals surface area contributed by atoms with Gasteiger partial charge in [0.2, 0.25) is 0 Å². The van der Waals surface area contributed by atoms with Gasteiger partial charge in [0.1, 0.15) is 0 Å². The topological polar surface area (TPSA) is 46.5 Å². The van der Waals surface area contributed by atoms with Crippen molar-refractivity contribution >= 4 is 43.6 Å². The zero-order valence-corrected chi connectivity index (χ0v) is 45.8. The highest BCUT2D eigenvalue weighted by molar-refractivity contribution is 6.14. The van der Waals surface area contributed by atoms with E-state index in [1.807, 2.05) is 18.5 Å². The van der Waals surface area contributed by atoms with Crippen molar-refractivity contribution in [2.24, 2.45) is 0 Å². The molecule has 4 heteroatoms. The molecule has 0 bridgehead atoms. The van der Waals surface area contributed by atoms with Crippen molar-refractivity contribution < 1.29 is 0 Å². The van der Waals surface area contributed by atoms with Crippen molar-refractivity contribution in [3.63, 3.8) is 0 Å². The highest BCUT2D eigenvalue weighted by atomic mass is 15.0. The van der Waals surface area contributed by atoms with Gasteiger partial charge in [0.25, 0.3) is 0 Å². The molecule has 4 nitrogen and oxygen atoms in total. The summed E-state index contributed by atoms with van der Waals surface area (Å²) in [5.74, 6) is 0. The zero-order valence-electron chi connectivity index (χ0n) is 45.8. The van der Waals surface area contributed by atoms with Gasteiger partial charge in [-0.15, -0.1) is 0 Å². The quantitative estimate of drug-likeness (QED) is 0.160. The number of nitriles is 1. The molecule has 9 aromatic carbocycles. The number of fused-ring (bicyclic) bond motifs is 6. The molecular weight excluding hydrogens is 921 g/mol. The molecule has 3 aromatic heterocycles. The summed E-state index contributed by atoms with van der Waals surface area (Å²) in [5.41, 5.74) is 33.9. The lowest BCUT2D eigenvalue weighted by Crippen LogP contribution is -2.03. The van der Waals surface area contributed by atoms with Gasteiger partial charge in [-0.25, -0.2) is 0 Å². The Morgan fingerprint density at radius 3 is 0.947 bits per heavy atom. The van der Waals surface area contributed by atoms with E-state index in [4.69, 9.17) is 4.98 Å². The summed E-state index contributed by atoms with van der Waals surface area (Å²) in [5, 5.41) is 15.4. The number of nitrogens with zero attached hydrogens (tertiary/aromatic N) is 4. The molecule has 0 unspecified atom stereocenters. The average Bonchev–Trinajstić information content (AvgIpc) is 3.93. The van der Waals surface area contributed by atoms with E-state index >= 15 is 0 Å². The summed E-state index contributed by atoms with van der Waals surface area (Å²) in [6.45, 7) is 26.5. The lowest BCUT2D eigenvalue weighted by molar-refractivity contribution is 1.13. The van der Waals surface area contributed by atoms with Crippen LogP contribution in [0.15, 0.2) is 158 Å². The molecule has 0 fully saturated rings. The average molecular weight is 983 g/mol. The maximum absolute atomic E-state index is 10.7. The van der Waals surface area contributed by atoms with Crippen LogP contribution in [0.1, 0.15) is 72.3 Å². The van der Waals surface area contributed by atoms with Gasteiger partial charge in [-0.1, -0.05) is 101 Å². The number of hydrogen-bond donors (Lipinski definition) is 0. The van der Waals surface area contributed by atoms with E-state index in [0.717, 1.165) is 55.3 Å². The lowest BCUT2D eigenvalue weighted by atomic mass is 9.91. The molecule has 0 saturated heterocycles. The first kappa shape index (κ1) is 48.2. The fraction of sp³-hybridized carbons (Fsp3) is 0.167. The van der Waals surface area contributed by atoms with Crippen LogP contribution in [0.5, 0.6) is 0 Å². The van der Waals surface area contributed by atoms with Crippen LogP contribution in [-0.4, -0.2) is 14.1 Å². The molecule has 0 atom stereocenters. The highest BCUT2D eigenvalue weighted by Crippen LogP contribution is 2.45. The van der Waals surface area contributed by atoms with Crippen LogP contribution in [0.2, 0.25) is 0 Å². The molecule has 12 rings (SSSR count). The molecule has 3 heterocycles. The van der Waals surface area contributed by atoms with E-state index in [1.54, 1.807) is 0 Å². The molecule has 12 aromatic rings. The molecule has 76 heavy (non-hydrogen) atoms. The number of rotatable bonds is 7. The van der Waals surface area contributed by atoms with Crippen LogP contribution in [0, 0.1) is 94.4 Å². The summed E-state index contributed by atoms with van der Waals surface area (Å²) in [6.07, 6.45) is 3.92. The number of aryl methyl sites for hydroxylation is 12. The minimum atomic E-state index is 0.592. The van der Waals surface area contributed by atoms with Gasteiger partial charge in [-0.3, -0.25) is 4.98 Å². The molecule has 0 aliphatic carbocycles. The van der Waals surface area contributed by atoms with Gasteiger partial charge in [-0.05, 0) is 239 Å². The molecule has 0 spiro atoms. The van der Waals surface area contributed by atoms with Crippen molar-refractivity contribution in [2.75, 3.05) is 0 Å². The minimum absolute atomic E-state index is 0.592. The standard InChI is InChI=1S/C72H62N4/c1-40-25-44(5)69(45(6)26-40)53-14-19-63-59(34-53)60-35-54(70-46(7)27-41(2)28-47(70)8)15-20-64(60)75(63)67-33-52(38-73)13-18-57(67)58-23-24-74-39-68(58)76-65-21-16-55(71-48(9)29-42(3)30-49(71)10)36-61(65)62-37-56(17-22-66(62)76)72-50(11)31-43(4)32-51(72)12/h13-37,39H,1-12H3. The van der Waals surface area contributed by atoms with E-state index in [9.17, 15) is 5.26 Å². The number of hydrogen-bond acceptors (Lipinski definition) is 2. The van der Waals surface area contributed by atoms with Crippen molar-refractivity contribution in [1.82, 2.24) is 14.1 Å². The molecule has 0 saturated carbocycles. The largest absolute Gasteiger partial charge is 0.309 e. The Kier molecular flexibility index (Phi) is 11.6. The molecule has 0 aliphatic heterocycles. The van der Waals surface area contributed by atoms with Gasteiger partial charge in [0.05, 0.1) is 51.3 Å². The van der Waals surface area contributed by atoms with Gasteiger partial charge in [0.15, 0.2) is 0 Å². The smallest absolute Gasteiger partial charge is 0.0992 e. The van der Waals surface area contributed by atoms with Crippen molar-refractivity contribution in [3.8, 4) is 73.1 Å². The molecule has 370 valence electrons. The Hall–Kier alpha value is -8.78. The third kappa shape index (κ3) is 7.84. The van der Waals surface area contributed by atoms with E-state index in [2.05, 4.69) is 238 Å². The maximum Gasteiger partial charge on any atom is 0.0992 e. The zero-order chi connectivity index (χ0) is 53.0. The first-order chi connectivity index (χ1) is 36.6. The van der Waals surface area contributed by atoms with Crippen LogP contribution in [0.3, 0.4) is 0 Å². The predicted molar refractivity (Wildman–Crippen MR) is 322 cm³/mol. The van der Waals surface area contributed by atoms with Crippen LogP contribution < -0.4 is 0 Å². The fourth-order valence-corrected chi connectivity index (χ4v) is 13.5. The first-order valence-corrected chi connectivity index (χ1v) is 26.6. The van der Waals surface area contributed by atoms with Crippen LogP contribution in [0.25, 0.3) is 111 Å². The normalized spacial score (nSPS) is 11.7. The number of benzene rings is 9. The molecule has 0 aliphatic rings. The van der Waals surface area contributed by atoms with Gasteiger partial charge in [-0.2, -0.15) is 5.26 Å². The fourth-order valence-electron chi connectivity index (χ4n) is 13.5. The third-order valence-electron chi connectivity index (χ3n) is 16.1. The summed E-state index contributed by atoms with van der Waals surface area (Å²) in [7, 11) is 0. The van der Waals surface area contributed by atoms with Crippen LogP contribution in [-0.2, 0) is 0 Å². The van der Waals surface area contributed by atoms with E-state index in [0.29, 0.717) is 5.56 Å². The maximum atomic E-state index is 10.7. The van der Waals surface area contributed by atoms with Crippen molar-refractivity contribution in [3.05, 3.63) is 230 Å². The Labute approximate surface area is 447 Å². The molecule has 0 amide bonds. The molecule has 0 N–H and O–H groups in total. The van der Waals surface area contributed by atoms with Gasteiger partial charge in [0, 0.05) is 38.9 Å². The van der Waals surface area contributed by atoms with Crippen LogP contribution >= 0.6 is 0 Å². The SMILES string of the molecule is Cc1cc(C)c(-c2ccc3c(c2)c2cc(-c4c(C)cc(C)cc4C)ccc2n3-c2cnccc2-c2ccc(C#N)cc2-n2c3ccc(-c4c(C)cc(C)cc4C)cc3c3cc(-c4c(C)cc(C)cc4C)ccc32)c(C)c1. The Morgan fingerprint density at radius 1 is 0.329 bits per heavy atom. The minimum Gasteiger partial charge on any atom is -0.309 e.